The van der Waals surface area contributed by atoms with E-state index in [4.69, 9.17) is 25.8 Å². The lowest BCUT2D eigenvalue weighted by molar-refractivity contribution is -0.150. The minimum Gasteiger partial charge on any atom is -0.493 e. The van der Waals surface area contributed by atoms with Crippen molar-refractivity contribution in [1.29, 1.82) is 0 Å². The number of nitrogens with zero attached hydrogens (tertiary/aromatic N) is 1. The summed E-state index contributed by atoms with van der Waals surface area (Å²) in [4.78, 5) is 37.9. The molecule has 28 heavy (non-hydrogen) atoms. The smallest absolute Gasteiger partial charge is 0.329 e. The number of benzene rings is 1. The van der Waals surface area contributed by atoms with E-state index in [0.29, 0.717) is 22.1 Å². The van der Waals surface area contributed by atoms with E-state index in [2.05, 4.69) is 0 Å². The number of methoxy groups -OCH3 is 1. The van der Waals surface area contributed by atoms with Crippen LogP contribution in [-0.2, 0) is 14.3 Å². The van der Waals surface area contributed by atoms with Crippen LogP contribution in [0.2, 0.25) is 5.02 Å². The Morgan fingerprint density at radius 1 is 1.29 bits per heavy atom. The van der Waals surface area contributed by atoms with Crippen molar-refractivity contribution in [3.8, 4) is 11.5 Å². The third-order valence-corrected chi connectivity index (χ3v) is 4.91. The zero-order valence-electron chi connectivity index (χ0n) is 16.3. The molecule has 1 aromatic carbocycles. The molecule has 1 heterocycles. The maximum atomic E-state index is 12.6. The first-order chi connectivity index (χ1) is 13.2. The van der Waals surface area contributed by atoms with Crippen LogP contribution in [0, 0.1) is 0 Å². The number of esters is 1. The van der Waals surface area contributed by atoms with Gasteiger partial charge in [0.2, 0.25) is 0 Å². The molecule has 152 valence electrons. The molecule has 9 heteroatoms. The number of thioether (sulfide) groups is 1. The van der Waals surface area contributed by atoms with Crippen LogP contribution in [0.15, 0.2) is 17.0 Å². The fourth-order valence-electron chi connectivity index (χ4n) is 2.51. The lowest BCUT2D eigenvalue weighted by Gasteiger charge is -2.19. The Labute approximate surface area is 172 Å². The van der Waals surface area contributed by atoms with E-state index in [-0.39, 0.29) is 17.6 Å². The first-order valence-electron chi connectivity index (χ1n) is 8.67. The summed E-state index contributed by atoms with van der Waals surface area (Å²) in [7, 11) is 1.48. The van der Waals surface area contributed by atoms with Crippen LogP contribution in [0.1, 0.15) is 33.3 Å². The summed E-state index contributed by atoms with van der Waals surface area (Å²) in [6, 6.07) is 2.27. The standard InChI is InChI=1S/C19H22ClNO6S/c1-6-26-18(23)11(4)21-17(22)15(28-19(21)24)9-12-7-13(20)16(27-10(2)3)14(8-12)25-5/h7-11H,6H2,1-5H3/b15-9-. The number of rotatable bonds is 7. The molecular weight excluding hydrogens is 406 g/mol. The van der Waals surface area contributed by atoms with Gasteiger partial charge in [0.15, 0.2) is 11.5 Å². The Morgan fingerprint density at radius 2 is 1.96 bits per heavy atom. The lowest BCUT2D eigenvalue weighted by atomic mass is 10.1. The molecule has 0 spiro atoms. The largest absolute Gasteiger partial charge is 0.493 e. The van der Waals surface area contributed by atoms with E-state index >= 15 is 0 Å². The first kappa shape index (κ1) is 22.1. The van der Waals surface area contributed by atoms with Crippen molar-refractivity contribution in [2.75, 3.05) is 13.7 Å². The molecule has 7 nitrogen and oxygen atoms in total. The molecule has 1 aromatic rings. The number of hydrogen-bond donors (Lipinski definition) is 0. The zero-order valence-corrected chi connectivity index (χ0v) is 17.8. The summed E-state index contributed by atoms with van der Waals surface area (Å²) in [6.45, 7) is 7.00. The highest BCUT2D eigenvalue weighted by Crippen LogP contribution is 2.39. The zero-order chi connectivity index (χ0) is 21.0. The van der Waals surface area contributed by atoms with Crippen molar-refractivity contribution in [3.05, 3.63) is 27.6 Å². The quantitative estimate of drug-likeness (QED) is 0.478. The van der Waals surface area contributed by atoms with E-state index in [0.717, 1.165) is 16.7 Å². The van der Waals surface area contributed by atoms with Gasteiger partial charge in [-0.25, -0.2) is 4.79 Å². The number of ether oxygens (including phenoxy) is 3. The number of hydrogen-bond acceptors (Lipinski definition) is 7. The number of imide groups is 1. The molecule has 0 aliphatic carbocycles. The molecule has 2 amide bonds. The molecule has 1 aliphatic rings. The first-order valence-corrected chi connectivity index (χ1v) is 9.86. The van der Waals surface area contributed by atoms with Gasteiger partial charge in [0.25, 0.3) is 11.1 Å². The predicted octanol–water partition coefficient (Wildman–Crippen LogP) is 4.12. The third kappa shape index (κ3) is 4.80. The van der Waals surface area contributed by atoms with Crippen LogP contribution in [0.4, 0.5) is 4.79 Å². The minimum absolute atomic E-state index is 0.0990. The van der Waals surface area contributed by atoms with Crippen LogP contribution in [0.3, 0.4) is 0 Å². The van der Waals surface area contributed by atoms with E-state index < -0.39 is 23.2 Å². The van der Waals surface area contributed by atoms with Gasteiger partial charge in [-0.1, -0.05) is 11.6 Å². The van der Waals surface area contributed by atoms with Crippen LogP contribution in [0.25, 0.3) is 6.08 Å². The van der Waals surface area contributed by atoms with Gasteiger partial charge in [0.1, 0.15) is 6.04 Å². The van der Waals surface area contributed by atoms with Crippen molar-refractivity contribution in [3.63, 3.8) is 0 Å². The highest BCUT2D eigenvalue weighted by atomic mass is 35.5. The molecule has 1 aliphatic heterocycles. The Hall–Kier alpha value is -2.19. The molecule has 2 rings (SSSR count). The normalized spacial score (nSPS) is 16.7. The van der Waals surface area contributed by atoms with E-state index in [1.165, 1.54) is 20.1 Å². The maximum absolute atomic E-state index is 12.6. The number of amides is 2. The Bertz CT molecular complexity index is 823. The second kappa shape index (κ2) is 9.34. The lowest BCUT2D eigenvalue weighted by Crippen LogP contribution is -2.42. The van der Waals surface area contributed by atoms with Crippen molar-refractivity contribution in [1.82, 2.24) is 4.90 Å². The fourth-order valence-corrected chi connectivity index (χ4v) is 3.68. The summed E-state index contributed by atoms with van der Waals surface area (Å²) >= 11 is 7.05. The molecule has 0 radical (unpaired) electrons. The fraction of sp³-hybridized carbons (Fsp3) is 0.421. The second-order valence-corrected chi connectivity index (χ2v) is 7.58. The van der Waals surface area contributed by atoms with Crippen molar-refractivity contribution >= 4 is 46.6 Å². The molecule has 1 atom stereocenters. The SMILES string of the molecule is CCOC(=O)C(C)N1C(=O)S/C(=C\c2cc(Cl)c(OC(C)C)c(OC)c2)C1=O. The van der Waals surface area contributed by atoms with Crippen LogP contribution >= 0.6 is 23.4 Å². The molecule has 0 bridgehead atoms. The summed E-state index contributed by atoms with van der Waals surface area (Å²) in [5.41, 5.74) is 0.562. The molecule has 0 saturated carbocycles. The van der Waals surface area contributed by atoms with Gasteiger partial charge in [-0.15, -0.1) is 0 Å². The summed E-state index contributed by atoms with van der Waals surface area (Å²) < 4.78 is 15.9. The highest BCUT2D eigenvalue weighted by molar-refractivity contribution is 8.18. The minimum atomic E-state index is -1.00. The van der Waals surface area contributed by atoms with E-state index in [1.54, 1.807) is 19.1 Å². The summed E-state index contributed by atoms with van der Waals surface area (Å²) in [5, 5.41) is -0.215. The van der Waals surface area contributed by atoms with Crippen LogP contribution < -0.4 is 9.47 Å². The Kier molecular flexibility index (Phi) is 7.37. The Balaban J connectivity index is 2.33. The van der Waals surface area contributed by atoms with Crippen molar-refractivity contribution in [2.24, 2.45) is 0 Å². The van der Waals surface area contributed by atoms with Crippen molar-refractivity contribution in [2.45, 2.75) is 39.8 Å². The molecule has 0 N–H and O–H groups in total. The van der Waals surface area contributed by atoms with Crippen LogP contribution in [-0.4, -0.2) is 47.9 Å². The number of carbonyl (C=O) groups excluding carboxylic acids is 3. The second-order valence-electron chi connectivity index (χ2n) is 6.18. The van der Waals surface area contributed by atoms with Gasteiger partial charge < -0.3 is 14.2 Å². The van der Waals surface area contributed by atoms with Crippen molar-refractivity contribution < 1.29 is 28.6 Å². The monoisotopic (exact) mass is 427 g/mol. The van der Waals surface area contributed by atoms with Gasteiger partial charge in [0.05, 0.1) is 29.7 Å². The maximum Gasteiger partial charge on any atom is 0.329 e. The summed E-state index contributed by atoms with van der Waals surface area (Å²) in [6.07, 6.45) is 1.43. The Morgan fingerprint density at radius 3 is 2.54 bits per heavy atom. The molecular formula is C19H22ClNO6S. The van der Waals surface area contributed by atoms with Gasteiger partial charge in [-0.05, 0) is 63.2 Å². The van der Waals surface area contributed by atoms with E-state index in [1.807, 2.05) is 13.8 Å². The third-order valence-electron chi connectivity index (χ3n) is 3.74. The average Bonchev–Trinajstić information content (AvgIpc) is 2.89. The van der Waals surface area contributed by atoms with Gasteiger partial charge in [0, 0.05) is 0 Å². The molecule has 0 aromatic heterocycles. The van der Waals surface area contributed by atoms with Crippen LogP contribution in [0.5, 0.6) is 11.5 Å². The van der Waals surface area contributed by atoms with Gasteiger partial charge >= 0.3 is 5.97 Å². The average molecular weight is 428 g/mol. The van der Waals surface area contributed by atoms with Gasteiger partial charge in [-0.2, -0.15) is 0 Å². The summed E-state index contributed by atoms with van der Waals surface area (Å²) in [5.74, 6) is -0.383. The molecule has 1 unspecified atom stereocenters. The predicted molar refractivity (Wildman–Crippen MR) is 108 cm³/mol. The number of carbonyl (C=O) groups is 3. The molecule has 1 fully saturated rings. The molecule has 1 saturated heterocycles. The topological polar surface area (TPSA) is 82.1 Å². The van der Waals surface area contributed by atoms with E-state index in [9.17, 15) is 14.4 Å². The van der Waals surface area contributed by atoms with Gasteiger partial charge in [-0.3, -0.25) is 14.5 Å². The highest BCUT2D eigenvalue weighted by Gasteiger charge is 2.41. The number of halogens is 1.